The summed E-state index contributed by atoms with van der Waals surface area (Å²) in [6.45, 7) is 3.56. The van der Waals surface area contributed by atoms with E-state index in [1.165, 1.54) is 6.20 Å². The van der Waals surface area contributed by atoms with Crippen LogP contribution in [0.5, 0.6) is 0 Å². The van der Waals surface area contributed by atoms with Gasteiger partial charge in [-0.05, 0) is 24.6 Å². The Hall–Kier alpha value is -4.94. The van der Waals surface area contributed by atoms with Crippen LogP contribution in [-0.2, 0) is 27.5 Å². The number of anilines is 2. The Bertz CT molecular complexity index is 1250. The second-order valence-electron chi connectivity index (χ2n) is 7.89. The van der Waals surface area contributed by atoms with Gasteiger partial charge in [0.1, 0.15) is 24.3 Å². The minimum absolute atomic E-state index is 0.00478. The molecule has 13 heteroatoms. The number of nitrogens with one attached hydrogen (secondary N) is 3. The first kappa shape index (κ1) is 29.3. The zero-order valence-corrected chi connectivity index (χ0v) is 21.0. The molecule has 1 amide bonds. The molecule has 0 saturated heterocycles. The lowest BCUT2D eigenvalue weighted by atomic mass is 10.2. The highest BCUT2D eigenvalue weighted by atomic mass is 16.5. The van der Waals surface area contributed by atoms with Gasteiger partial charge in [0.2, 0.25) is 0 Å². The highest BCUT2D eigenvalue weighted by Crippen LogP contribution is 2.08. The van der Waals surface area contributed by atoms with Gasteiger partial charge in [-0.1, -0.05) is 36.4 Å². The molecule has 3 rings (SSSR count). The lowest BCUT2D eigenvalue weighted by Crippen LogP contribution is -2.45. The van der Waals surface area contributed by atoms with Crippen LogP contribution in [0.2, 0.25) is 0 Å². The highest BCUT2D eigenvalue weighted by molar-refractivity contribution is 5.79. The molecule has 0 aliphatic carbocycles. The van der Waals surface area contributed by atoms with Gasteiger partial charge in [-0.25, -0.2) is 19.4 Å². The van der Waals surface area contributed by atoms with Gasteiger partial charge in [0.25, 0.3) is 5.97 Å². The van der Waals surface area contributed by atoms with Crippen molar-refractivity contribution in [2.45, 2.75) is 33.0 Å². The number of carboxylic acid groups (broad SMARTS) is 2. The van der Waals surface area contributed by atoms with Crippen LogP contribution in [0.4, 0.5) is 16.4 Å². The van der Waals surface area contributed by atoms with Crippen LogP contribution in [-0.4, -0.2) is 61.9 Å². The zero-order valence-electron chi connectivity index (χ0n) is 21.0. The van der Waals surface area contributed by atoms with Gasteiger partial charge in [-0.2, -0.15) is 4.98 Å². The van der Waals surface area contributed by atoms with Crippen LogP contribution in [0.25, 0.3) is 0 Å². The molecule has 5 N–H and O–H groups in total. The Morgan fingerprint density at radius 3 is 2.32 bits per heavy atom. The Kier molecular flexibility index (Phi) is 11.7. The average molecular weight is 527 g/mol. The fraction of sp³-hybridized carbons (Fsp3) is 0.280. The third kappa shape index (κ3) is 10.8. The lowest BCUT2D eigenvalue weighted by molar-refractivity contribution is -0.139. The van der Waals surface area contributed by atoms with Crippen molar-refractivity contribution >= 4 is 29.7 Å². The molecular formula is C25H30N6O7. The maximum absolute atomic E-state index is 12.5. The van der Waals surface area contributed by atoms with E-state index in [0.29, 0.717) is 24.5 Å². The molecule has 0 saturated carbocycles. The van der Waals surface area contributed by atoms with E-state index in [-0.39, 0.29) is 13.2 Å². The van der Waals surface area contributed by atoms with Gasteiger partial charge in [-0.3, -0.25) is 9.36 Å². The fourth-order valence-electron chi connectivity index (χ4n) is 3.04. The van der Waals surface area contributed by atoms with Crippen LogP contribution in [0.3, 0.4) is 0 Å². The standard InChI is InChI=1S/C23H26N6O5.C2H4O2/c1-16-13-29(22(32)28-20(16)26-12-11-25-19-9-5-6-10-24-19)14-18(21(30)31)27-23(33)34-15-17-7-3-2-4-8-17;1-2(3)4/h2-10,13,18H,11-12,14-15H2,1H3,(H,24,25)(H,27,33)(H,30,31)(H,26,28,32);1H3,(H,3,4)/t18-;/m0./s1. The summed E-state index contributed by atoms with van der Waals surface area (Å²) in [5.41, 5.74) is 0.767. The molecule has 202 valence electrons. The van der Waals surface area contributed by atoms with Crippen molar-refractivity contribution in [3.05, 3.63) is 82.5 Å². The number of hydrogen-bond acceptors (Lipinski definition) is 9. The van der Waals surface area contributed by atoms with Crippen molar-refractivity contribution in [1.82, 2.24) is 19.9 Å². The molecule has 0 aliphatic rings. The first-order valence-electron chi connectivity index (χ1n) is 11.5. The minimum Gasteiger partial charge on any atom is -0.481 e. The maximum Gasteiger partial charge on any atom is 0.408 e. The number of carboxylic acids is 2. The molecule has 0 bridgehead atoms. The van der Waals surface area contributed by atoms with Gasteiger partial charge in [-0.15, -0.1) is 0 Å². The predicted octanol–water partition coefficient (Wildman–Crippen LogP) is 1.94. The number of nitrogens with zero attached hydrogens (tertiary/aromatic N) is 3. The molecule has 1 aromatic carbocycles. The molecule has 2 aromatic heterocycles. The molecule has 0 fully saturated rings. The van der Waals surface area contributed by atoms with Crippen molar-refractivity contribution in [3.8, 4) is 0 Å². The SMILES string of the molecule is CC(=O)O.Cc1cn(C[C@H](NC(=O)OCc2ccccc2)C(=O)O)c(=O)nc1NCCNc1ccccn1. The van der Waals surface area contributed by atoms with Gasteiger partial charge in [0, 0.05) is 38.0 Å². The number of aromatic nitrogens is 3. The van der Waals surface area contributed by atoms with Crippen molar-refractivity contribution in [1.29, 1.82) is 0 Å². The minimum atomic E-state index is -1.37. The lowest BCUT2D eigenvalue weighted by Gasteiger charge is -2.17. The number of pyridine rings is 1. The molecule has 0 aliphatic heterocycles. The monoisotopic (exact) mass is 526 g/mol. The number of hydrogen-bond donors (Lipinski definition) is 5. The molecule has 0 unspecified atom stereocenters. The van der Waals surface area contributed by atoms with E-state index >= 15 is 0 Å². The van der Waals surface area contributed by atoms with Gasteiger partial charge in [0.15, 0.2) is 0 Å². The molecule has 3 aromatic rings. The summed E-state index contributed by atoms with van der Waals surface area (Å²) in [5, 5.41) is 25.4. The first-order valence-corrected chi connectivity index (χ1v) is 11.5. The Morgan fingerprint density at radius 2 is 1.68 bits per heavy atom. The van der Waals surface area contributed by atoms with Crippen LogP contribution in [0.1, 0.15) is 18.1 Å². The van der Waals surface area contributed by atoms with E-state index in [0.717, 1.165) is 22.9 Å². The maximum atomic E-state index is 12.5. The van der Waals surface area contributed by atoms with E-state index < -0.39 is 29.8 Å². The summed E-state index contributed by atoms with van der Waals surface area (Å²) < 4.78 is 6.21. The van der Waals surface area contributed by atoms with E-state index in [4.69, 9.17) is 14.6 Å². The third-order valence-electron chi connectivity index (χ3n) is 4.75. The van der Waals surface area contributed by atoms with Crippen LogP contribution in [0, 0.1) is 6.92 Å². The number of ether oxygens (including phenoxy) is 1. The number of carbonyl (C=O) groups excluding carboxylic acids is 1. The topological polar surface area (TPSA) is 185 Å². The van der Waals surface area contributed by atoms with Crippen LogP contribution in [0.15, 0.2) is 65.7 Å². The Balaban J connectivity index is 0.00000118. The fourth-order valence-corrected chi connectivity index (χ4v) is 3.04. The zero-order chi connectivity index (χ0) is 27.9. The van der Waals surface area contributed by atoms with E-state index in [9.17, 15) is 19.5 Å². The number of aryl methyl sites for hydroxylation is 1. The smallest absolute Gasteiger partial charge is 0.408 e. The average Bonchev–Trinajstić information content (AvgIpc) is 2.88. The second-order valence-corrected chi connectivity index (χ2v) is 7.89. The number of amides is 1. The number of rotatable bonds is 11. The van der Waals surface area contributed by atoms with Crippen LogP contribution >= 0.6 is 0 Å². The highest BCUT2D eigenvalue weighted by Gasteiger charge is 2.22. The van der Waals surface area contributed by atoms with Gasteiger partial charge >= 0.3 is 17.8 Å². The number of alkyl carbamates (subject to hydrolysis) is 1. The summed E-state index contributed by atoms with van der Waals surface area (Å²) in [4.78, 5) is 53.3. The third-order valence-corrected chi connectivity index (χ3v) is 4.75. The quantitative estimate of drug-likeness (QED) is 0.230. The summed E-state index contributed by atoms with van der Waals surface area (Å²) in [6, 6.07) is 13.2. The van der Waals surface area contributed by atoms with Crippen molar-refractivity contribution in [2.75, 3.05) is 23.7 Å². The van der Waals surface area contributed by atoms with Crippen molar-refractivity contribution in [2.24, 2.45) is 0 Å². The number of aliphatic carboxylic acids is 2. The van der Waals surface area contributed by atoms with Crippen molar-refractivity contribution in [3.63, 3.8) is 0 Å². The summed E-state index contributed by atoms with van der Waals surface area (Å²) in [7, 11) is 0. The molecule has 1 atom stereocenters. The molecule has 0 radical (unpaired) electrons. The molecule has 38 heavy (non-hydrogen) atoms. The van der Waals surface area contributed by atoms with Crippen molar-refractivity contribution < 1.29 is 29.3 Å². The predicted molar refractivity (Wildman–Crippen MR) is 139 cm³/mol. The number of carbonyl (C=O) groups is 3. The molecule has 2 heterocycles. The summed E-state index contributed by atoms with van der Waals surface area (Å²) >= 11 is 0. The Labute approximate surface area is 218 Å². The van der Waals surface area contributed by atoms with E-state index in [2.05, 4.69) is 25.9 Å². The first-order chi connectivity index (χ1) is 18.2. The summed E-state index contributed by atoms with van der Waals surface area (Å²) in [6.07, 6.45) is 2.29. The normalized spacial score (nSPS) is 10.8. The van der Waals surface area contributed by atoms with Crippen LogP contribution < -0.4 is 21.6 Å². The van der Waals surface area contributed by atoms with E-state index in [1.807, 2.05) is 24.3 Å². The Morgan fingerprint density at radius 1 is 1.03 bits per heavy atom. The van der Waals surface area contributed by atoms with Gasteiger partial charge in [0.05, 0.1) is 6.54 Å². The van der Waals surface area contributed by atoms with E-state index in [1.54, 1.807) is 37.4 Å². The second kappa shape index (κ2) is 15.2. The molecule has 0 spiro atoms. The molecular weight excluding hydrogens is 496 g/mol. The molecule has 13 nitrogen and oxygen atoms in total. The number of benzene rings is 1. The summed E-state index contributed by atoms with van der Waals surface area (Å²) in [5.74, 6) is -1.01. The van der Waals surface area contributed by atoms with Gasteiger partial charge < -0.3 is 30.9 Å². The largest absolute Gasteiger partial charge is 0.481 e.